The van der Waals surface area contributed by atoms with E-state index in [0.717, 1.165) is 16.9 Å². The monoisotopic (exact) mass is 520 g/mol. The number of benzene rings is 2. The van der Waals surface area contributed by atoms with Crippen LogP contribution in [-0.2, 0) is 11.3 Å². The molecule has 0 aliphatic carbocycles. The van der Waals surface area contributed by atoms with Gasteiger partial charge in [0.15, 0.2) is 5.13 Å². The Balaban J connectivity index is 1.53. The summed E-state index contributed by atoms with van der Waals surface area (Å²) in [4.78, 5) is 34.7. The number of aromatic nitrogens is 3. The van der Waals surface area contributed by atoms with E-state index in [4.69, 9.17) is 0 Å². The summed E-state index contributed by atoms with van der Waals surface area (Å²) in [6.45, 7) is 2.73. The van der Waals surface area contributed by atoms with E-state index in [1.807, 2.05) is 11.5 Å². The van der Waals surface area contributed by atoms with Crippen LogP contribution in [0.3, 0.4) is 0 Å². The molecule has 4 aromatic rings. The standard InChI is InChI=1S/C23H23F3N6O3S/c1-4-32-17-8-5-13(20(34)27-10-9-19(33)31(2)3)11-16(17)28-21(32)30-22-29-15-7-6-14(12-18(15)36-22)35-23(24,25)26/h5-8,11-12H,4,9-10H2,1-3H3,(H,27,34)(H,28,29,30). The number of alkyl halides is 3. The predicted molar refractivity (Wildman–Crippen MR) is 131 cm³/mol. The third-order valence-corrected chi connectivity index (χ3v) is 6.20. The summed E-state index contributed by atoms with van der Waals surface area (Å²) >= 11 is 1.16. The number of hydrogen-bond donors (Lipinski definition) is 2. The lowest BCUT2D eigenvalue weighted by Gasteiger charge is -2.10. The molecule has 0 saturated carbocycles. The van der Waals surface area contributed by atoms with Crippen LogP contribution in [0.15, 0.2) is 36.4 Å². The fraction of sp³-hybridized carbons (Fsp3) is 0.304. The Morgan fingerprint density at radius 3 is 2.58 bits per heavy atom. The molecule has 9 nitrogen and oxygen atoms in total. The highest BCUT2D eigenvalue weighted by molar-refractivity contribution is 7.22. The number of ether oxygens (including phenoxy) is 1. The molecule has 4 rings (SSSR count). The Labute approximate surface area is 207 Å². The van der Waals surface area contributed by atoms with Crippen LogP contribution >= 0.6 is 11.3 Å². The number of nitrogens with zero attached hydrogens (tertiary/aromatic N) is 4. The second-order valence-corrected chi connectivity index (χ2v) is 9.03. The molecule has 0 unspecified atom stereocenters. The minimum absolute atomic E-state index is 0.0814. The molecule has 0 spiro atoms. The van der Waals surface area contributed by atoms with Gasteiger partial charge in [0.25, 0.3) is 5.91 Å². The number of fused-ring (bicyclic) bond motifs is 2. The van der Waals surface area contributed by atoms with Crippen molar-refractivity contribution in [2.24, 2.45) is 0 Å². The lowest BCUT2D eigenvalue weighted by Crippen LogP contribution is -2.30. The smallest absolute Gasteiger partial charge is 0.406 e. The van der Waals surface area contributed by atoms with Gasteiger partial charge in [0.1, 0.15) is 5.75 Å². The predicted octanol–water partition coefficient (Wildman–Crippen LogP) is 4.52. The highest BCUT2D eigenvalue weighted by Crippen LogP contribution is 2.33. The van der Waals surface area contributed by atoms with Gasteiger partial charge in [0.05, 0.1) is 21.3 Å². The summed E-state index contributed by atoms with van der Waals surface area (Å²) in [5, 5.41) is 6.31. The zero-order valence-electron chi connectivity index (χ0n) is 19.6. The summed E-state index contributed by atoms with van der Waals surface area (Å²) < 4.78 is 44.0. The third-order valence-electron chi connectivity index (χ3n) is 5.26. The SMILES string of the molecule is CCn1c(Nc2nc3ccc(OC(F)(F)F)cc3s2)nc2cc(C(=O)NCCC(=O)N(C)C)ccc21. The summed E-state index contributed by atoms with van der Waals surface area (Å²) in [6, 6.07) is 9.08. The van der Waals surface area contributed by atoms with Gasteiger partial charge in [0, 0.05) is 45.2 Å². The van der Waals surface area contributed by atoms with Crippen molar-refractivity contribution in [2.75, 3.05) is 26.0 Å². The summed E-state index contributed by atoms with van der Waals surface area (Å²) in [5.74, 6) is -0.232. The molecule has 2 aromatic carbocycles. The van der Waals surface area contributed by atoms with Crippen molar-refractivity contribution in [3.8, 4) is 5.75 Å². The van der Waals surface area contributed by atoms with Crippen molar-refractivity contribution in [1.82, 2.24) is 24.8 Å². The molecule has 0 aliphatic heterocycles. The summed E-state index contributed by atoms with van der Waals surface area (Å²) in [5.41, 5.74) is 2.30. The Morgan fingerprint density at radius 2 is 1.89 bits per heavy atom. The Bertz CT molecular complexity index is 1430. The second kappa shape index (κ2) is 10.0. The molecule has 0 radical (unpaired) electrons. The number of hydrogen-bond acceptors (Lipinski definition) is 7. The normalized spacial score (nSPS) is 11.6. The van der Waals surface area contributed by atoms with Gasteiger partial charge >= 0.3 is 6.36 Å². The Morgan fingerprint density at radius 1 is 1.11 bits per heavy atom. The molecule has 0 atom stereocenters. The number of anilines is 2. The first kappa shape index (κ1) is 25.2. The molecule has 2 N–H and O–H groups in total. The molecule has 2 amide bonds. The van der Waals surface area contributed by atoms with Crippen molar-refractivity contribution < 1.29 is 27.5 Å². The topological polar surface area (TPSA) is 101 Å². The van der Waals surface area contributed by atoms with E-state index in [1.165, 1.54) is 23.1 Å². The zero-order valence-corrected chi connectivity index (χ0v) is 20.5. The fourth-order valence-electron chi connectivity index (χ4n) is 3.55. The lowest BCUT2D eigenvalue weighted by atomic mass is 10.2. The maximum atomic E-state index is 12.5. The molecular weight excluding hydrogens is 497 g/mol. The fourth-order valence-corrected chi connectivity index (χ4v) is 4.43. The van der Waals surface area contributed by atoms with E-state index in [0.29, 0.717) is 38.9 Å². The highest BCUT2D eigenvalue weighted by atomic mass is 32.1. The van der Waals surface area contributed by atoms with E-state index in [2.05, 4.69) is 25.3 Å². The number of aryl methyl sites for hydroxylation is 1. The average Bonchev–Trinajstić information content (AvgIpc) is 3.36. The number of nitrogens with one attached hydrogen (secondary N) is 2. The molecule has 190 valence electrons. The van der Waals surface area contributed by atoms with Gasteiger partial charge in [-0.25, -0.2) is 9.97 Å². The Hall–Kier alpha value is -3.87. The molecule has 36 heavy (non-hydrogen) atoms. The summed E-state index contributed by atoms with van der Waals surface area (Å²) in [6.07, 6.45) is -4.57. The summed E-state index contributed by atoms with van der Waals surface area (Å²) in [7, 11) is 3.31. The zero-order chi connectivity index (χ0) is 26.0. The number of halogens is 3. The molecule has 13 heteroatoms. The molecular formula is C23H23F3N6O3S. The van der Waals surface area contributed by atoms with Crippen molar-refractivity contribution in [3.05, 3.63) is 42.0 Å². The minimum Gasteiger partial charge on any atom is -0.406 e. The number of rotatable bonds is 8. The molecule has 0 fully saturated rings. The number of imidazole rings is 1. The third kappa shape index (κ3) is 5.67. The molecule has 2 heterocycles. The first-order valence-corrected chi connectivity index (χ1v) is 11.8. The van der Waals surface area contributed by atoms with E-state index in [1.54, 1.807) is 32.3 Å². The van der Waals surface area contributed by atoms with Crippen LogP contribution < -0.4 is 15.4 Å². The second-order valence-electron chi connectivity index (χ2n) is 8.00. The quantitative estimate of drug-likeness (QED) is 0.354. The molecule has 0 aliphatic rings. The lowest BCUT2D eigenvalue weighted by molar-refractivity contribution is -0.274. The molecule has 0 saturated heterocycles. The van der Waals surface area contributed by atoms with Gasteiger partial charge < -0.3 is 24.8 Å². The van der Waals surface area contributed by atoms with E-state index >= 15 is 0 Å². The van der Waals surface area contributed by atoms with Crippen molar-refractivity contribution >= 4 is 55.5 Å². The van der Waals surface area contributed by atoms with E-state index < -0.39 is 6.36 Å². The van der Waals surface area contributed by atoms with Gasteiger partial charge in [-0.05, 0) is 37.3 Å². The largest absolute Gasteiger partial charge is 0.573 e. The van der Waals surface area contributed by atoms with Gasteiger partial charge in [-0.15, -0.1) is 13.2 Å². The minimum atomic E-state index is -4.77. The Kier molecular flexibility index (Phi) is 7.02. The van der Waals surface area contributed by atoms with Crippen LogP contribution in [0.4, 0.5) is 24.3 Å². The first-order chi connectivity index (χ1) is 17.0. The van der Waals surface area contributed by atoms with Gasteiger partial charge in [-0.3, -0.25) is 9.59 Å². The van der Waals surface area contributed by atoms with Crippen LogP contribution in [0, 0.1) is 0 Å². The van der Waals surface area contributed by atoms with Gasteiger partial charge in [-0.2, -0.15) is 0 Å². The van der Waals surface area contributed by atoms with E-state index in [9.17, 15) is 22.8 Å². The maximum Gasteiger partial charge on any atom is 0.573 e. The highest BCUT2D eigenvalue weighted by Gasteiger charge is 2.31. The number of carbonyl (C=O) groups excluding carboxylic acids is 2. The van der Waals surface area contributed by atoms with Crippen molar-refractivity contribution in [3.63, 3.8) is 0 Å². The van der Waals surface area contributed by atoms with Crippen molar-refractivity contribution in [2.45, 2.75) is 26.3 Å². The molecule has 2 aromatic heterocycles. The average molecular weight is 521 g/mol. The van der Waals surface area contributed by atoms with Crippen molar-refractivity contribution in [1.29, 1.82) is 0 Å². The van der Waals surface area contributed by atoms with Gasteiger partial charge in [-0.1, -0.05) is 11.3 Å². The van der Waals surface area contributed by atoms with Crippen LogP contribution in [0.1, 0.15) is 23.7 Å². The first-order valence-electron chi connectivity index (χ1n) is 11.0. The van der Waals surface area contributed by atoms with Crippen LogP contribution in [0.2, 0.25) is 0 Å². The van der Waals surface area contributed by atoms with Crippen LogP contribution in [0.5, 0.6) is 5.75 Å². The van der Waals surface area contributed by atoms with Crippen LogP contribution in [0.25, 0.3) is 21.3 Å². The molecule has 0 bridgehead atoms. The maximum absolute atomic E-state index is 12.5. The van der Waals surface area contributed by atoms with E-state index in [-0.39, 0.29) is 30.5 Å². The number of amides is 2. The number of carbonyl (C=O) groups is 2. The van der Waals surface area contributed by atoms with Gasteiger partial charge in [0.2, 0.25) is 11.9 Å². The number of thiazole rings is 1. The van der Waals surface area contributed by atoms with Crippen LogP contribution in [-0.4, -0.2) is 58.3 Å².